The highest BCUT2D eigenvalue weighted by Crippen LogP contribution is 2.23. The van der Waals surface area contributed by atoms with Crippen LogP contribution in [0.15, 0.2) is 53.3 Å². The van der Waals surface area contributed by atoms with Gasteiger partial charge in [-0.25, -0.2) is 4.79 Å². The third kappa shape index (κ3) is 5.16. The number of benzene rings is 1. The Hall–Kier alpha value is -3.75. The number of carbonyl (C=O) groups is 2. The predicted octanol–water partition coefficient (Wildman–Crippen LogP) is 2.43. The van der Waals surface area contributed by atoms with Gasteiger partial charge in [0.2, 0.25) is 11.7 Å². The van der Waals surface area contributed by atoms with E-state index >= 15 is 0 Å². The first-order valence-corrected chi connectivity index (χ1v) is 9.11. The van der Waals surface area contributed by atoms with Crippen LogP contribution >= 0.6 is 0 Å². The summed E-state index contributed by atoms with van der Waals surface area (Å²) in [5, 5.41) is 9.44. The standard InChI is InChI=1S/C20H22N6O3/c1-12(2)16(19-25-17(26-29-19)15-4-3-9-22-11-15)24-18(27)14-7-5-13(6-8-14)10-23-20(21)28/h3-9,11-12,16H,10H2,1-2H3,(H,24,27)(H3,21,23,28). The molecule has 0 aliphatic carbocycles. The van der Waals surface area contributed by atoms with Gasteiger partial charge in [0.15, 0.2) is 0 Å². The summed E-state index contributed by atoms with van der Waals surface area (Å²) in [5.41, 5.74) is 7.10. The highest BCUT2D eigenvalue weighted by molar-refractivity contribution is 5.94. The largest absolute Gasteiger partial charge is 0.352 e. The van der Waals surface area contributed by atoms with Gasteiger partial charge in [-0.15, -0.1) is 0 Å². The molecule has 0 aliphatic rings. The van der Waals surface area contributed by atoms with Crippen LogP contribution in [-0.4, -0.2) is 27.1 Å². The van der Waals surface area contributed by atoms with Crippen molar-refractivity contribution in [2.24, 2.45) is 11.7 Å². The number of nitrogens with zero attached hydrogens (tertiary/aromatic N) is 3. The fraction of sp³-hybridized carbons (Fsp3) is 0.250. The van der Waals surface area contributed by atoms with E-state index in [-0.39, 0.29) is 11.8 Å². The van der Waals surface area contributed by atoms with Crippen LogP contribution in [0, 0.1) is 5.92 Å². The fourth-order valence-corrected chi connectivity index (χ4v) is 2.68. The summed E-state index contributed by atoms with van der Waals surface area (Å²) in [4.78, 5) is 31.9. The number of hydrogen-bond donors (Lipinski definition) is 3. The molecular formula is C20H22N6O3. The predicted molar refractivity (Wildman–Crippen MR) is 105 cm³/mol. The molecule has 1 aromatic carbocycles. The lowest BCUT2D eigenvalue weighted by molar-refractivity contribution is 0.0914. The van der Waals surface area contributed by atoms with Crippen LogP contribution in [0.4, 0.5) is 4.79 Å². The Morgan fingerprint density at radius 3 is 2.55 bits per heavy atom. The van der Waals surface area contributed by atoms with E-state index < -0.39 is 12.1 Å². The summed E-state index contributed by atoms with van der Waals surface area (Å²) in [6.45, 7) is 4.21. The first-order valence-electron chi connectivity index (χ1n) is 9.11. The van der Waals surface area contributed by atoms with E-state index in [0.717, 1.165) is 11.1 Å². The van der Waals surface area contributed by atoms with E-state index in [1.807, 2.05) is 19.9 Å². The molecule has 0 saturated heterocycles. The lowest BCUT2D eigenvalue weighted by Crippen LogP contribution is -2.32. The number of hydrogen-bond acceptors (Lipinski definition) is 6. The minimum Gasteiger partial charge on any atom is -0.352 e. The van der Waals surface area contributed by atoms with E-state index in [9.17, 15) is 9.59 Å². The number of nitrogens with two attached hydrogens (primary N) is 1. The third-order valence-electron chi connectivity index (χ3n) is 4.26. The second-order valence-corrected chi connectivity index (χ2v) is 6.81. The van der Waals surface area contributed by atoms with Crippen LogP contribution in [0.1, 0.15) is 41.7 Å². The molecule has 0 saturated carbocycles. The van der Waals surface area contributed by atoms with Crippen molar-refractivity contribution < 1.29 is 14.1 Å². The van der Waals surface area contributed by atoms with Crippen molar-refractivity contribution in [3.63, 3.8) is 0 Å². The van der Waals surface area contributed by atoms with Crippen molar-refractivity contribution >= 4 is 11.9 Å². The average molecular weight is 394 g/mol. The van der Waals surface area contributed by atoms with Crippen molar-refractivity contribution in [3.8, 4) is 11.4 Å². The summed E-state index contributed by atoms with van der Waals surface area (Å²) in [6.07, 6.45) is 3.31. The molecule has 3 amide bonds. The second-order valence-electron chi connectivity index (χ2n) is 6.81. The van der Waals surface area contributed by atoms with Gasteiger partial charge in [0.05, 0.1) is 0 Å². The van der Waals surface area contributed by atoms with Gasteiger partial charge < -0.3 is 20.9 Å². The van der Waals surface area contributed by atoms with Crippen LogP contribution in [0.2, 0.25) is 0 Å². The van der Waals surface area contributed by atoms with Crippen LogP contribution in [0.25, 0.3) is 11.4 Å². The quantitative estimate of drug-likeness (QED) is 0.563. The maximum absolute atomic E-state index is 12.7. The Balaban J connectivity index is 1.71. The first kappa shape index (κ1) is 20.0. The van der Waals surface area contributed by atoms with Crippen molar-refractivity contribution in [1.29, 1.82) is 0 Å². The number of primary amides is 1. The Bertz CT molecular complexity index is 969. The summed E-state index contributed by atoms with van der Waals surface area (Å²) in [5.74, 6) is 0.508. The zero-order chi connectivity index (χ0) is 20.8. The SMILES string of the molecule is CC(C)C(NC(=O)c1ccc(CNC(N)=O)cc1)c1nc(-c2cccnc2)no1. The number of urea groups is 1. The van der Waals surface area contributed by atoms with Gasteiger partial charge in [0.1, 0.15) is 6.04 Å². The van der Waals surface area contributed by atoms with E-state index in [0.29, 0.717) is 23.8 Å². The second kappa shape index (κ2) is 8.96. The Labute approximate surface area is 167 Å². The van der Waals surface area contributed by atoms with Crippen LogP contribution < -0.4 is 16.4 Å². The third-order valence-corrected chi connectivity index (χ3v) is 4.26. The number of carbonyl (C=O) groups excluding carboxylic acids is 2. The monoisotopic (exact) mass is 394 g/mol. The van der Waals surface area contributed by atoms with Gasteiger partial charge in [-0.2, -0.15) is 4.98 Å². The lowest BCUT2D eigenvalue weighted by atomic mass is 10.0. The molecule has 3 rings (SSSR count). The Morgan fingerprint density at radius 2 is 1.93 bits per heavy atom. The Morgan fingerprint density at radius 1 is 1.17 bits per heavy atom. The first-order chi connectivity index (χ1) is 13.9. The fourth-order valence-electron chi connectivity index (χ4n) is 2.68. The highest BCUT2D eigenvalue weighted by Gasteiger charge is 2.25. The number of rotatable bonds is 7. The molecule has 29 heavy (non-hydrogen) atoms. The molecule has 9 nitrogen and oxygen atoms in total. The zero-order valence-electron chi connectivity index (χ0n) is 16.1. The summed E-state index contributed by atoms with van der Waals surface area (Å²) in [7, 11) is 0. The number of nitrogens with one attached hydrogen (secondary N) is 2. The smallest absolute Gasteiger partial charge is 0.312 e. The number of amides is 3. The van der Waals surface area contributed by atoms with Crippen molar-refractivity contribution in [1.82, 2.24) is 25.8 Å². The van der Waals surface area contributed by atoms with Gasteiger partial charge in [-0.3, -0.25) is 9.78 Å². The van der Waals surface area contributed by atoms with Crippen LogP contribution in [0.5, 0.6) is 0 Å². The Kier molecular flexibility index (Phi) is 6.18. The molecule has 2 heterocycles. The number of aromatic nitrogens is 3. The average Bonchev–Trinajstić information content (AvgIpc) is 3.21. The summed E-state index contributed by atoms with van der Waals surface area (Å²) in [6, 6.07) is 9.44. The van der Waals surface area contributed by atoms with Gasteiger partial charge >= 0.3 is 6.03 Å². The summed E-state index contributed by atoms with van der Waals surface area (Å²) < 4.78 is 5.40. The molecule has 0 bridgehead atoms. The zero-order valence-corrected chi connectivity index (χ0v) is 16.1. The van der Waals surface area contributed by atoms with Gasteiger partial charge in [-0.1, -0.05) is 31.1 Å². The van der Waals surface area contributed by atoms with Gasteiger partial charge in [0, 0.05) is 30.1 Å². The molecule has 0 aliphatic heterocycles. The topological polar surface area (TPSA) is 136 Å². The molecule has 4 N–H and O–H groups in total. The van der Waals surface area contributed by atoms with E-state index in [1.54, 1.807) is 42.7 Å². The van der Waals surface area contributed by atoms with E-state index in [2.05, 4.69) is 25.8 Å². The molecule has 0 spiro atoms. The summed E-state index contributed by atoms with van der Waals surface area (Å²) >= 11 is 0. The van der Waals surface area contributed by atoms with E-state index in [1.165, 1.54) is 0 Å². The maximum atomic E-state index is 12.7. The molecule has 9 heteroatoms. The minimum atomic E-state index is -0.600. The van der Waals surface area contributed by atoms with Gasteiger partial charge in [0.25, 0.3) is 5.91 Å². The molecule has 2 aromatic heterocycles. The molecule has 0 fully saturated rings. The molecule has 1 unspecified atom stereocenters. The van der Waals surface area contributed by atoms with Crippen LogP contribution in [0.3, 0.4) is 0 Å². The normalized spacial score (nSPS) is 11.8. The molecule has 0 radical (unpaired) electrons. The maximum Gasteiger partial charge on any atom is 0.312 e. The lowest BCUT2D eigenvalue weighted by Gasteiger charge is -2.18. The molecule has 1 atom stereocenters. The molecule has 150 valence electrons. The van der Waals surface area contributed by atoms with Crippen molar-refractivity contribution in [2.75, 3.05) is 0 Å². The number of pyridine rings is 1. The minimum absolute atomic E-state index is 0.0280. The van der Waals surface area contributed by atoms with Gasteiger partial charge in [-0.05, 0) is 35.7 Å². The highest BCUT2D eigenvalue weighted by atomic mass is 16.5. The van der Waals surface area contributed by atoms with Crippen LogP contribution in [-0.2, 0) is 6.54 Å². The van der Waals surface area contributed by atoms with Crippen molar-refractivity contribution in [3.05, 3.63) is 65.8 Å². The van der Waals surface area contributed by atoms with E-state index in [4.69, 9.17) is 10.3 Å². The molecular weight excluding hydrogens is 372 g/mol. The molecule has 3 aromatic rings. The van der Waals surface area contributed by atoms with Crippen molar-refractivity contribution in [2.45, 2.75) is 26.4 Å².